The van der Waals surface area contributed by atoms with E-state index in [0.29, 0.717) is 113 Å². The van der Waals surface area contributed by atoms with Gasteiger partial charge in [-0.3, -0.25) is 23.9 Å². The van der Waals surface area contributed by atoms with E-state index in [1.165, 1.54) is 19.2 Å². The molecule has 0 saturated carbocycles. The number of nitrogens with zero attached hydrogens (tertiary/aromatic N) is 3. The lowest BCUT2D eigenvalue weighted by molar-refractivity contribution is -0.138. The molecule has 69 heavy (non-hydrogen) atoms. The molecule has 0 fully saturated rings. The van der Waals surface area contributed by atoms with E-state index < -0.39 is 63.1 Å². The van der Waals surface area contributed by atoms with Gasteiger partial charge in [0, 0.05) is 75.7 Å². The molecule has 2 heterocycles. The summed E-state index contributed by atoms with van der Waals surface area (Å²) in [7, 11) is -6.68. The van der Waals surface area contributed by atoms with Crippen LogP contribution in [0.15, 0.2) is 53.8 Å². The highest BCUT2D eigenvalue weighted by Gasteiger charge is 2.29. The molecule has 0 spiro atoms. The third-order valence-corrected chi connectivity index (χ3v) is 12.7. The van der Waals surface area contributed by atoms with Gasteiger partial charge in [0.2, 0.25) is 21.8 Å². The second kappa shape index (κ2) is 28.9. The molecular formula is C43H66N10O14S2. The number of carboxylic acid groups (broad SMARTS) is 1. The number of anilines is 1. The first-order chi connectivity index (χ1) is 33.0. The molecule has 4 rings (SSSR count). The molecular weight excluding hydrogens is 945 g/mol. The van der Waals surface area contributed by atoms with Crippen LogP contribution < -0.4 is 36.0 Å². The number of aryl methyl sites for hydroxylation is 3. The summed E-state index contributed by atoms with van der Waals surface area (Å²) in [5, 5.41) is 28.8. The maximum absolute atomic E-state index is 13.5. The van der Waals surface area contributed by atoms with E-state index in [1.54, 1.807) is 50.6 Å². The number of hydrogen-bond donors (Lipinski definition) is 11. The van der Waals surface area contributed by atoms with Gasteiger partial charge in [0.05, 0.1) is 66.3 Å². The number of carboxylic acids is 1. The van der Waals surface area contributed by atoms with Crippen LogP contribution in [0.1, 0.15) is 53.6 Å². The monoisotopic (exact) mass is 1010 g/mol. The maximum atomic E-state index is 13.5. The SMILES string of the molecule is CN[C@H](CS(O)(O)O)C(=O)NCCCOCCOCCOCCCNC(=O)CCCOc1cc(C)c(S(=O)(=O)N[C@@H](CNC(=O)c2ccc3c(cnn3CCCNc3ncc[nH]3)c2)C(=O)O)c(C)c1. The van der Waals surface area contributed by atoms with Gasteiger partial charge in [0.25, 0.3) is 5.91 Å². The minimum Gasteiger partial charge on any atom is -0.494 e. The van der Waals surface area contributed by atoms with Crippen molar-refractivity contribution in [2.75, 3.05) is 90.5 Å². The lowest BCUT2D eigenvalue weighted by atomic mass is 10.1. The zero-order valence-corrected chi connectivity index (χ0v) is 40.7. The highest BCUT2D eigenvalue weighted by atomic mass is 32.3. The summed E-state index contributed by atoms with van der Waals surface area (Å²) in [4.78, 5) is 56.6. The number of imidazole rings is 1. The van der Waals surface area contributed by atoms with E-state index >= 15 is 0 Å². The zero-order valence-electron chi connectivity index (χ0n) is 39.0. The van der Waals surface area contributed by atoms with E-state index in [1.807, 2.05) is 4.68 Å². The molecule has 2 aromatic carbocycles. The van der Waals surface area contributed by atoms with Gasteiger partial charge in [-0.2, -0.15) is 9.82 Å². The molecule has 0 aliphatic heterocycles. The van der Waals surface area contributed by atoms with Crippen LogP contribution in [0.4, 0.5) is 5.95 Å². The first-order valence-electron chi connectivity index (χ1n) is 22.4. The molecule has 0 aliphatic carbocycles. The Labute approximate surface area is 402 Å². The summed E-state index contributed by atoms with van der Waals surface area (Å²) in [6, 6.07) is 5.41. The van der Waals surface area contributed by atoms with Gasteiger partial charge in [-0.25, -0.2) is 13.4 Å². The quantitative estimate of drug-likeness (QED) is 0.0294. The van der Waals surface area contributed by atoms with E-state index in [9.17, 15) is 32.7 Å². The summed E-state index contributed by atoms with van der Waals surface area (Å²) < 4.78 is 80.7. The van der Waals surface area contributed by atoms with Gasteiger partial charge < -0.3 is 69.3 Å². The molecule has 2 aromatic heterocycles. The summed E-state index contributed by atoms with van der Waals surface area (Å²) in [6.45, 7) is 7.07. The fourth-order valence-corrected chi connectivity index (χ4v) is 9.23. The number of carbonyl (C=O) groups excluding carboxylic acids is 3. The van der Waals surface area contributed by atoms with Gasteiger partial charge in [-0.1, -0.05) is 0 Å². The number of benzene rings is 2. The van der Waals surface area contributed by atoms with Crippen molar-refractivity contribution < 1.29 is 65.3 Å². The van der Waals surface area contributed by atoms with Crippen LogP contribution in [0.3, 0.4) is 0 Å². The van der Waals surface area contributed by atoms with Crippen LogP contribution in [0.5, 0.6) is 5.75 Å². The van der Waals surface area contributed by atoms with Crippen molar-refractivity contribution in [2.24, 2.45) is 0 Å². The van der Waals surface area contributed by atoms with Crippen LogP contribution in [0, 0.1) is 13.8 Å². The number of aromatic nitrogens is 4. The predicted octanol–water partition coefficient (Wildman–Crippen LogP) is 2.07. The number of likely N-dealkylation sites (N-methyl/N-ethyl adjacent to an activating group) is 1. The van der Waals surface area contributed by atoms with Crippen LogP contribution >= 0.6 is 10.9 Å². The number of fused-ring (bicyclic) bond motifs is 1. The lowest BCUT2D eigenvalue weighted by Gasteiger charge is -2.24. The minimum absolute atomic E-state index is 0.117. The molecule has 2 atom stereocenters. The maximum Gasteiger partial charge on any atom is 0.323 e. The minimum atomic E-state index is -4.37. The van der Waals surface area contributed by atoms with Gasteiger partial charge in [0.15, 0.2) is 5.95 Å². The van der Waals surface area contributed by atoms with Crippen molar-refractivity contribution in [2.45, 2.75) is 69.5 Å². The largest absolute Gasteiger partial charge is 0.494 e. The Balaban J connectivity index is 1.05. The average molecular weight is 1010 g/mol. The Kier molecular flexibility index (Phi) is 23.5. The average Bonchev–Trinajstić information content (AvgIpc) is 3.97. The molecule has 4 aromatic rings. The topological polar surface area (TPSA) is 339 Å². The summed E-state index contributed by atoms with van der Waals surface area (Å²) >= 11 is 0. The Bertz CT molecular complexity index is 2320. The molecule has 26 heteroatoms. The molecule has 384 valence electrons. The molecule has 0 aliphatic rings. The first kappa shape index (κ1) is 56.2. The highest BCUT2D eigenvalue weighted by Crippen LogP contribution is 2.33. The van der Waals surface area contributed by atoms with Crippen molar-refractivity contribution >= 4 is 61.4 Å². The van der Waals surface area contributed by atoms with E-state index in [2.05, 4.69) is 46.4 Å². The number of aromatic amines is 1. The van der Waals surface area contributed by atoms with Crippen LogP contribution in [-0.4, -0.2) is 168 Å². The number of aliphatic carboxylic acids is 1. The Morgan fingerprint density at radius 2 is 1.48 bits per heavy atom. The number of hydrogen-bond acceptors (Lipinski definition) is 17. The number of sulfonamides is 1. The van der Waals surface area contributed by atoms with Gasteiger partial charge >= 0.3 is 5.97 Å². The van der Waals surface area contributed by atoms with E-state index in [4.69, 9.17) is 32.6 Å². The third-order valence-electron chi connectivity index (χ3n) is 10.2. The molecule has 0 radical (unpaired) electrons. The summed E-state index contributed by atoms with van der Waals surface area (Å²) in [6.07, 6.45) is 7.52. The second-order valence-electron chi connectivity index (χ2n) is 15.7. The normalized spacial score (nSPS) is 12.9. The fraction of sp³-hybridized carbons (Fsp3) is 0.535. The number of rotatable bonds is 35. The predicted molar refractivity (Wildman–Crippen MR) is 257 cm³/mol. The van der Waals surface area contributed by atoms with Crippen molar-refractivity contribution in [3.63, 3.8) is 0 Å². The van der Waals surface area contributed by atoms with Crippen LogP contribution in [0.25, 0.3) is 10.9 Å². The molecule has 0 unspecified atom stereocenters. The molecule has 0 bridgehead atoms. The smallest absolute Gasteiger partial charge is 0.323 e. The van der Waals surface area contributed by atoms with Crippen molar-refractivity contribution in [3.05, 3.63) is 65.6 Å². The molecule has 3 amide bonds. The number of amides is 3. The van der Waals surface area contributed by atoms with Crippen molar-refractivity contribution in [1.29, 1.82) is 0 Å². The van der Waals surface area contributed by atoms with Crippen LogP contribution in [0.2, 0.25) is 0 Å². The Hall–Kier alpha value is -5.42. The number of H-pyrrole nitrogens is 1. The highest BCUT2D eigenvalue weighted by molar-refractivity contribution is 8.19. The number of nitrogens with one attached hydrogen (secondary N) is 7. The van der Waals surface area contributed by atoms with E-state index in [-0.39, 0.29) is 29.4 Å². The molecule has 11 N–H and O–H groups in total. The second-order valence-corrected chi connectivity index (χ2v) is 19.0. The van der Waals surface area contributed by atoms with E-state index in [0.717, 1.165) is 11.9 Å². The zero-order chi connectivity index (χ0) is 50.2. The Morgan fingerprint density at radius 3 is 2.10 bits per heavy atom. The number of carbonyl (C=O) groups is 4. The standard InChI is InChI=1S/C43H66N10O14S2/c1-30-24-34(67-19-4-8-38(54)45-12-6-17-64-20-22-66-23-21-65-18-7-13-46-41(56)36(44-3)29-68(59,60)61)25-31(2)39(30)69(62,63)52-35(42(57)58)28-50-40(55)32-9-10-37-33(26-32)27-51-53(37)16-5-11-47-43-48-14-15-49-43/h9-10,14-15,24-27,35-36,44,52,59-61H,4-8,11-13,16-23,28-29H2,1-3H3,(H,45,54)(H,46,56)(H,50,55)(H,57,58)(H2,47,48,49)/t35-,36+/m0/s1. The van der Waals surface area contributed by atoms with Crippen molar-refractivity contribution in [3.8, 4) is 5.75 Å². The summed E-state index contributed by atoms with van der Waals surface area (Å²) in [5.74, 6) is -2.12. The number of ether oxygens (including phenoxy) is 4. The van der Waals surface area contributed by atoms with Gasteiger partial charge in [-0.05, 0) is 88.0 Å². The summed E-state index contributed by atoms with van der Waals surface area (Å²) in [5.41, 5.74) is 1.69. The molecule has 24 nitrogen and oxygen atoms in total. The van der Waals surface area contributed by atoms with Gasteiger partial charge in [-0.15, -0.1) is 0 Å². The van der Waals surface area contributed by atoms with Crippen LogP contribution in [-0.2, 0) is 45.2 Å². The first-order valence-corrected chi connectivity index (χ1v) is 25.5. The lowest BCUT2D eigenvalue weighted by Crippen LogP contribution is -2.48. The molecule has 0 saturated heterocycles. The van der Waals surface area contributed by atoms with Crippen molar-refractivity contribution in [1.82, 2.24) is 45.7 Å². The third kappa shape index (κ3) is 20.2. The van der Waals surface area contributed by atoms with Gasteiger partial charge in [0.1, 0.15) is 17.8 Å². The fourth-order valence-electron chi connectivity index (χ4n) is 6.82. The Morgan fingerprint density at radius 1 is 0.812 bits per heavy atom.